The third-order valence-electron chi connectivity index (χ3n) is 6.64. The van der Waals surface area contributed by atoms with Crippen molar-refractivity contribution < 1.29 is 39.7 Å². The first-order valence-corrected chi connectivity index (χ1v) is 14.1. The summed E-state index contributed by atoms with van der Waals surface area (Å²) in [5.41, 5.74) is 5.40. The molecule has 4 aromatic carbocycles. The summed E-state index contributed by atoms with van der Waals surface area (Å²) in [6.45, 7) is 2.99. The molecule has 4 aromatic rings. The normalized spacial score (nSPS) is 11.5. The van der Waals surface area contributed by atoms with E-state index in [-0.39, 0.29) is 26.2 Å². The van der Waals surface area contributed by atoms with Gasteiger partial charge in [0.25, 0.3) is 5.91 Å². The molecule has 0 spiro atoms. The summed E-state index contributed by atoms with van der Waals surface area (Å²) in [7, 11) is 0. The number of hydrogen-bond acceptors (Lipinski definition) is 4. The molecule has 198 valence electrons. The largest absolute Gasteiger partial charge is 1.00 e. The maximum atomic E-state index is 13.3. The maximum absolute atomic E-state index is 13.3. The average molecular weight is 536 g/mol. The molecule has 1 amide bonds. The van der Waals surface area contributed by atoms with Crippen LogP contribution in [0, 0.1) is 6.92 Å². The topological polar surface area (TPSA) is 75.6 Å². The van der Waals surface area contributed by atoms with Gasteiger partial charge < -0.3 is 16.6 Å². The van der Waals surface area contributed by atoms with Crippen molar-refractivity contribution in [1.82, 2.24) is 5.32 Å². The number of aryl methyl sites for hydroxylation is 1. The van der Waals surface area contributed by atoms with Crippen molar-refractivity contribution in [2.75, 3.05) is 18.6 Å². The fourth-order valence-electron chi connectivity index (χ4n) is 4.59. The Labute approximate surface area is 248 Å². The molecule has 2 N–H and O–H groups in total. The number of nitrogens with one attached hydrogen (secondary N) is 1. The van der Waals surface area contributed by atoms with E-state index in [9.17, 15) is 14.7 Å². The van der Waals surface area contributed by atoms with Crippen LogP contribution in [-0.4, -0.2) is 41.6 Å². The summed E-state index contributed by atoms with van der Waals surface area (Å²) >= 11 is 1.55. The number of carboxylic acid groups (broad SMARTS) is 1. The van der Waals surface area contributed by atoms with Crippen molar-refractivity contribution in [2.45, 2.75) is 32.4 Å². The predicted octanol–water partition coefficient (Wildman–Crippen LogP) is 3.63. The number of carbonyl (C=O) groups excluding carboxylic acids is 1. The first kappa shape index (κ1) is 30.5. The fourth-order valence-corrected chi connectivity index (χ4v) is 5.06. The van der Waals surface area contributed by atoms with Crippen LogP contribution in [0.3, 0.4) is 0 Å². The van der Waals surface area contributed by atoms with Gasteiger partial charge in [0.05, 0.1) is 13.2 Å². The number of benzene rings is 4. The molecular formula is C32H34LiNO4S. The zero-order valence-electron chi connectivity index (χ0n) is 23.8. The SMILES string of the molecule is CSCC[C@H](NC(=O)c1ccc(COCCc2cccc3ccccc23)cc1-c1ccccc1C)C(=O)O.[H-].[Li+]. The molecule has 39 heavy (non-hydrogen) atoms. The number of amides is 1. The molecular weight excluding hydrogens is 501 g/mol. The number of hydrogen-bond donors (Lipinski definition) is 2. The van der Waals surface area contributed by atoms with Gasteiger partial charge in [0.1, 0.15) is 6.04 Å². The Hall–Kier alpha value is -3.01. The second-order valence-electron chi connectivity index (χ2n) is 9.28. The number of ether oxygens (including phenoxy) is 1. The van der Waals surface area contributed by atoms with Gasteiger partial charge in [-0.15, -0.1) is 0 Å². The average Bonchev–Trinajstić information content (AvgIpc) is 2.93. The minimum absolute atomic E-state index is 0. The smallest absolute Gasteiger partial charge is 1.00 e. The monoisotopic (exact) mass is 535 g/mol. The molecule has 5 nitrogen and oxygen atoms in total. The van der Waals surface area contributed by atoms with Gasteiger partial charge in [-0.05, 0) is 82.5 Å². The van der Waals surface area contributed by atoms with E-state index in [0.717, 1.165) is 28.7 Å². The standard InChI is InChI=1S/C32H33NO4S.Li.H/c1-22-8-3-5-12-26(22)29-20-23(14-15-28(29)31(34)33-30(32(35)36)17-19-38-2)21-37-18-16-25-11-7-10-24-9-4-6-13-27(24)25;;/h3-15,20,30H,16-19,21H2,1-2H3,(H,33,34)(H,35,36);;/q;+1;-1/t30-;;/m0../s1. The van der Waals surface area contributed by atoms with Crippen LogP contribution in [0.25, 0.3) is 21.9 Å². The number of carbonyl (C=O) groups is 2. The molecule has 0 radical (unpaired) electrons. The first-order chi connectivity index (χ1) is 18.5. The van der Waals surface area contributed by atoms with E-state index in [1.165, 1.54) is 16.3 Å². The van der Waals surface area contributed by atoms with Gasteiger partial charge in [0.2, 0.25) is 0 Å². The molecule has 0 aliphatic heterocycles. The van der Waals surface area contributed by atoms with Crippen LogP contribution in [0.5, 0.6) is 0 Å². The van der Waals surface area contributed by atoms with Gasteiger partial charge in [-0.25, -0.2) is 4.79 Å². The minimum Gasteiger partial charge on any atom is -1.00 e. The first-order valence-electron chi connectivity index (χ1n) is 12.7. The van der Waals surface area contributed by atoms with Crippen molar-refractivity contribution in [1.29, 1.82) is 0 Å². The number of thioether (sulfide) groups is 1. The third-order valence-corrected chi connectivity index (χ3v) is 7.29. The summed E-state index contributed by atoms with van der Waals surface area (Å²) in [6, 6.07) is 27.3. The van der Waals surface area contributed by atoms with Gasteiger partial charge in [0.15, 0.2) is 0 Å². The van der Waals surface area contributed by atoms with Crippen LogP contribution in [0.4, 0.5) is 0 Å². The zero-order chi connectivity index (χ0) is 26.9. The van der Waals surface area contributed by atoms with Crippen molar-refractivity contribution in [2.24, 2.45) is 0 Å². The van der Waals surface area contributed by atoms with Crippen molar-refractivity contribution in [3.05, 3.63) is 107 Å². The number of carboxylic acids is 1. The minimum atomic E-state index is -1.03. The Balaban J connectivity index is 0.00000280. The Morgan fingerprint density at radius 3 is 2.49 bits per heavy atom. The predicted molar refractivity (Wildman–Crippen MR) is 157 cm³/mol. The molecule has 0 saturated heterocycles. The van der Waals surface area contributed by atoms with Gasteiger partial charge in [-0.3, -0.25) is 4.79 Å². The van der Waals surface area contributed by atoms with Gasteiger partial charge in [0, 0.05) is 5.56 Å². The molecule has 0 aliphatic carbocycles. The fraction of sp³-hybridized carbons (Fsp3) is 0.250. The second-order valence-corrected chi connectivity index (χ2v) is 10.3. The van der Waals surface area contributed by atoms with Crippen LogP contribution in [0.15, 0.2) is 84.9 Å². The van der Waals surface area contributed by atoms with Crippen LogP contribution in [0.2, 0.25) is 0 Å². The molecule has 0 fully saturated rings. The number of fused-ring (bicyclic) bond motifs is 1. The van der Waals surface area contributed by atoms with Crippen molar-refractivity contribution in [3.63, 3.8) is 0 Å². The molecule has 0 heterocycles. The van der Waals surface area contributed by atoms with E-state index < -0.39 is 12.0 Å². The van der Waals surface area contributed by atoms with Gasteiger partial charge >= 0.3 is 24.8 Å². The summed E-state index contributed by atoms with van der Waals surface area (Å²) in [5.74, 6) is -0.766. The Morgan fingerprint density at radius 1 is 0.974 bits per heavy atom. The second kappa shape index (κ2) is 15.0. The Kier molecular flexibility index (Phi) is 11.7. The van der Waals surface area contributed by atoms with Crippen LogP contribution < -0.4 is 24.2 Å². The van der Waals surface area contributed by atoms with E-state index >= 15 is 0 Å². The van der Waals surface area contributed by atoms with Crippen molar-refractivity contribution >= 4 is 34.4 Å². The maximum Gasteiger partial charge on any atom is 1.00 e. The van der Waals surface area contributed by atoms with E-state index in [0.29, 0.717) is 31.0 Å². The van der Waals surface area contributed by atoms with E-state index in [1.807, 2.05) is 55.6 Å². The van der Waals surface area contributed by atoms with Crippen LogP contribution in [-0.2, 0) is 22.6 Å². The Bertz CT molecular complexity index is 1430. The molecule has 1 atom stereocenters. The number of rotatable bonds is 12. The zero-order valence-corrected chi connectivity index (χ0v) is 23.6. The third kappa shape index (κ3) is 8.00. The summed E-state index contributed by atoms with van der Waals surface area (Å²) in [5, 5.41) is 14.8. The molecule has 0 bridgehead atoms. The Morgan fingerprint density at radius 2 is 1.72 bits per heavy atom. The molecule has 0 aromatic heterocycles. The van der Waals surface area contributed by atoms with Crippen LogP contribution >= 0.6 is 11.8 Å². The number of aliphatic carboxylic acids is 1. The molecule has 0 aliphatic rings. The van der Waals surface area contributed by atoms with E-state index in [2.05, 4.69) is 41.7 Å². The van der Waals surface area contributed by atoms with Crippen LogP contribution in [0.1, 0.15) is 34.9 Å². The van der Waals surface area contributed by atoms with E-state index in [1.54, 1.807) is 17.8 Å². The summed E-state index contributed by atoms with van der Waals surface area (Å²) < 4.78 is 6.05. The summed E-state index contributed by atoms with van der Waals surface area (Å²) in [6.07, 6.45) is 3.09. The molecule has 7 heteroatoms. The quantitative estimate of drug-likeness (QED) is 0.214. The van der Waals surface area contributed by atoms with E-state index in [4.69, 9.17) is 4.74 Å². The van der Waals surface area contributed by atoms with Crippen molar-refractivity contribution in [3.8, 4) is 11.1 Å². The van der Waals surface area contributed by atoms with Gasteiger partial charge in [-0.1, -0.05) is 72.8 Å². The van der Waals surface area contributed by atoms with Gasteiger partial charge in [-0.2, -0.15) is 11.8 Å². The molecule has 4 rings (SSSR count). The molecule has 0 unspecified atom stereocenters. The summed E-state index contributed by atoms with van der Waals surface area (Å²) in [4.78, 5) is 25.0. The molecule has 0 saturated carbocycles.